The zero-order valence-electron chi connectivity index (χ0n) is 13.2. The van der Waals surface area contributed by atoms with Crippen LogP contribution in [-0.2, 0) is 4.74 Å². The van der Waals surface area contributed by atoms with Gasteiger partial charge in [0.15, 0.2) is 0 Å². The largest absolute Gasteiger partial charge is 0.455 e. The van der Waals surface area contributed by atoms with E-state index >= 15 is 0 Å². The monoisotopic (exact) mass is 327 g/mol. The molecule has 0 radical (unpaired) electrons. The van der Waals surface area contributed by atoms with E-state index in [1.807, 2.05) is 0 Å². The molecule has 2 bridgehead atoms. The van der Waals surface area contributed by atoms with Crippen molar-refractivity contribution in [2.45, 2.75) is 18.4 Å². The van der Waals surface area contributed by atoms with Crippen molar-refractivity contribution in [3.63, 3.8) is 0 Å². The van der Waals surface area contributed by atoms with Crippen LogP contribution >= 0.6 is 0 Å². The van der Waals surface area contributed by atoms with Crippen LogP contribution in [0, 0.1) is 11.7 Å². The topological polar surface area (TPSA) is 62.6 Å². The summed E-state index contributed by atoms with van der Waals surface area (Å²) in [7, 11) is 0. The molecule has 1 N–H and O–H groups in total. The van der Waals surface area contributed by atoms with Crippen LogP contribution in [0.25, 0.3) is 10.9 Å². The Kier molecular flexibility index (Phi) is 3.00. The van der Waals surface area contributed by atoms with Gasteiger partial charge in [-0.05, 0) is 38.1 Å². The number of hydrogen-bond acceptors (Lipinski definition) is 6. The van der Waals surface area contributed by atoms with Crippen LogP contribution in [0.15, 0.2) is 29.4 Å². The highest BCUT2D eigenvalue weighted by Crippen LogP contribution is 2.40. The first-order valence-corrected chi connectivity index (χ1v) is 8.35. The highest BCUT2D eigenvalue weighted by Gasteiger charge is 2.51. The maximum absolute atomic E-state index is 13.4. The molecule has 7 heteroatoms. The molecule has 4 aliphatic heterocycles. The Balaban J connectivity index is 1.35. The van der Waals surface area contributed by atoms with Crippen molar-refractivity contribution in [2.24, 2.45) is 10.9 Å². The molecule has 124 valence electrons. The van der Waals surface area contributed by atoms with Gasteiger partial charge in [-0.3, -0.25) is 10.2 Å². The van der Waals surface area contributed by atoms with Crippen molar-refractivity contribution < 1.29 is 9.13 Å². The standard InChI is InChI=1S/C17H18FN5O/c18-13-2-1-11-8-19-15(21-14(11)7-13)22-16-20-9-17(24-16)10-23-5-3-12(17)4-6-23/h1-2,7-8,12H,3-6,9-10H2,(H,19,20,21,22)/t17-/m0/s1. The molecule has 2 aromatic rings. The molecule has 0 aliphatic carbocycles. The second-order valence-electron chi connectivity index (χ2n) is 6.86. The van der Waals surface area contributed by atoms with Crippen LogP contribution in [0.3, 0.4) is 0 Å². The molecule has 1 aromatic carbocycles. The van der Waals surface area contributed by atoms with E-state index in [9.17, 15) is 4.39 Å². The molecule has 6 rings (SSSR count). The van der Waals surface area contributed by atoms with Gasteiger partial charge in [0, 0.05) is 30.1 Å². The number of fused-ring (bicyclic) bond motifs is 3. The van der Waals surface area contributed by atoms with Gasteiger partial charge in [0.05, 0.1) is 12.1 Å². The molecule has 6 nitrogen and oxygen atoms in total. The smallest absolute Gasteiger partial charge is 0.292 e. The predicted octanol–water partition coefficient (Wildman–Crippen LogP) is 2.03. The second-order valence-corrected chi connectivity index (χ2v) is 6.86. The highest BCUT2D eigenvalue weighted by atomic mass is 19.1. The molecule has 3 saturated heterocycles. The average Bonchev–Trinajstić information content (AvgIpc) is 2.97. The minimum atomic E-state index is -0.312. The van der Waals surface area contributed by atoms with Crippen LogP contribution in [0.2, 0.25) is 0 Å². The second kappa shape index (κ2) is 5.11. The Morgan fingerprint density at radius 1 is 1.29 bits per heavy atom. The SMILES string of the molecule is Fc1ccc2cnc(NC3=NC[C@@]4(CN5CCC4CC5)O3)nc2c1. The van der Waals surface area contributed by atoms with Gasteiger partial charge < -0.3 is 4.74 Å². The van der Waals surface area contributed by atoms with Crippen molar-refractivity contribution in [2.75, 3.05) is 31.5 Å². The van der Waals surface area contributed by atoms with Crippen molar-refractivity contribution in [3.8, 4) is 0 Å². The lowest BCUT2D eigenvalue weighted by molar-refractivity contribution is -0.0829. The Hall–Kier alpha value is -2.28. The summed E-state index contributed by atoms with van der Waals surface area (Å²) < 4.78 is 19.6. The van der Waals surface area contributed by atoms with Gasteiger partial charge in [-0.2, -0.15) is 0 Å². The number of hydrogen-bond donors (Lipinski definition) is 1. The molecule has 24 heavy (non-hydrogen) atoms. The van der Waals surface area contributed by atoms with Gasteiger partial charge >= 0.3 is 0 Å². The number of rotatable bonds is 1. The van der Waals surface area contributed by atoms with E-state index in [1.165, 1.54) is 25.0 Å². The molecule has 1 aromatic heterocycles. The first-order valence-electron chi connectivity index (χ1n) is 8.35. The average molecular weight is 327 g/mol. The molecular formula is C17H18FN5O. The summed E-state index contributed by atoms with van der Waals surface area (Å²) in [6, 6.07) is 4.94. The van der Waals surface area contributed by atoms with E-state index in [1.54, 1.807) is 12.3 Å². The number of anilines is 1. The highest BCUT2D eigenvalue weighted by molar-refractivity contribution is 5.90. The Morgan fingerprint density at radius 3 is 2.96 bits per heavy atom. The first-order chi connectivity index (χ1) is 11.7. The van der Waals surface area contributed by atoms with Gasteiger partial charge in [0.2, 0.25) is 5.95 Å². The van der Waals surface area contributed by atoms with E-state index in [-0.39, 0.29) is 11.4 Å². The molecule has 5 heterocycles. The van der Waals surface area contributed by atoms with Gasteiger partial charge in [0.1, 0.15) is 11.4 Å². The van der Waals surface area contributed by atoms with Crippen LogP contribution in [0.4, 0.5) is 10.3 Å². The minimum Gasteiger partial charge on any atom is -0.455 e. The number of nitrogens with one attached hydrogen (secondary N) is 1. The van der Waals surface area contributed by atoms with E-state index in [2.05, 4.69) is 25.2 Å². The predicted molar refractivity (Wildman–Crippen MR) is 88.4 cm³/mol. The Labute approximate surface area is 138 Å². The number of nitrogens with zero attached hydrogens (tertiary/aromatic N) is 4. The van der Waals surface area contributed by atoms with E-state index in [0.717, 1.165) is 25.0 Å². The first kappa shape index (κ1) is 14.1. The number of amidine groups is 1. The quantitative estimate of drug-likeness (QED) is 0.868. The summed E-state index contributed by atoms with van der Waals surface area (Å²) in [4.78, 5) is 15.6. The zero-order chi connectivity index (χ0) is 16.1. The maximum Gasteiger partial charge on any atom is 0.292 e. The van der Waals surface area contributed by atoms with E-state index in [0.29, 0.717) is 29.9 Å². The lowest BCUT2D eigenvalue weighted by Gasteiger charge is -2.50. The fourth-order valence-electron chi connectivity index (χ4n) is 4.10. The third kappa shape index (κ3) is 2.23. The molecule has 0 amide bonds. The Bertz CT molecular complexity index is 833. The van der Waals surface area contributed by atoms with Gasteiger partial charge in [0.25, 0.3) is 6.02 Å². The summed E-state index contributed by atoms with van der Waals surface area (Å²) in [6.45, 7) is 3.95. The van der Waals surface area contributed by atoms with Crippen LogP contribution in [0.5, 0.6) is 0 Å². The molecule has 0 saturated carbocycles. The maximum atomic E-state index is 13.4. The molecule has 4 aliphatic rings. The summed E-state index contributed by atoms with van der Waals surface area (Å²) >= 11 is 0. The number of benzene rings is 1. The minimum absolute atomic E-state index is 0.193. The summed E-state index contributed by atoms with van der Waals surface area (Å²) in [5.41, 5.74) is 0.366. The Morgan fingerprint density at radius 2 is 2.17 bits per heavy atom. The summed E-state index contributed by atoms with van der Waals surface area (Å²) in [5, 5.41) is 3.84. The van der Waals surface area contributed by atoms with E-state index < -0.39 is 0 Å². The zero-order valence-corrected chi connectivity index (χ0v) is 13.2. The van der Waals surface area contributed by atoms with Gasteiger partial charge in [-0.1, -0.05) is 0 Å². The number of piperidine rings is 3. The fraction of sp³-hybridized carbons (Fsp3) is 0.471. The van der Waals surface area contributed by atoms with Crippen molar-refractivity contribution in [1.29, 1.82) is 0 Å². The van der Waals surface area contributed by atoms with Crippen LogP contribution < -0.4 is 5.32 Å². The third-order valence-electron chi connectivity index (χ3n) is 5.38. The summed E-state index contributed by atoms with van der Waals surface area (Å²) in [6.07, 6.45) is 4.02. The summed E-state index contributed by atoms with van der Waals surface area (Å²) in [5.74, 6) is 0.634. The van der Waals surface area contributed by atoms with Crippen LogP contribution in [-0.4, -0.2) is 52.7 Å². The van der Waals surface area contributed by atoms with Crippen LogP contribution in [0.1, 0.15) is 12.8 Å². The lowest BCUT2D eigenvalue weighted by Crippen LogP contribution is -2.61. The molecule has 0 unspecified atom stereocenters. The lowest BCUT2D eigenvalue weighted by atomic mass is 9.75. The molecule has 1 spiro atoms. The number of halogens is 1. The normalized spacial score (nSPS) is 31.3. The molecule has 1 atom stereocenters. The number of aromatic nitrogens is 2. The van der Waals surface area contributed by atoms with Crippen molar-refractivity contribution >= 4 is 22.9 Å². The third-order valence-corrected chi connectivity index (χ3v) is 5.38. The fourth-order valence-corrected chi connectivity index (χ4v) is 4.10. The van der Waals surface area contributed by atoms with Crippen molar-refractivity contribution in [1.82, 2.24) is 14.9 Å². The number of aliphatic imine (C=N–C) groups is 1. The van der Waals surface area contributed by atoms with Crippen molar-refractivity contribution in [3.05, 3.63) is 30.2 Å². The molecular weight excluding hydrogens is 309 g/mol. The van der Waals surface area contributed by atoms with Gasteiger partial charge in [-0.15, -0.1) is 0 Å². The van der Waals surface area contributed by atoms with Gasteiger partial charge in [-0.25, -0.2) is 19.4 Å². The molecule has 3 fully saturated rings. The van der Waals surface area contributed by atoms with E-state index in [4.69, 9.17) is 4.74 Å². The number of ether oxygens (including phenoxy) is 1.